The second-order valence-corrected chi connectivity index (χ2v) is 15.5. The molecule has 1 spiro atoms. The quantitative estimate of drug-likeness (QED) is 0.174. The molecule has 56 heavy (non-hydrogen) atoms. The van der Waals surface area contributed by atoms with Gasteiger partial charge in [0.2, 0.25) is 0 Å². The van der Waals surface area contributed by atoms with Gasteiger partial charge < -0.3 is 4.42 Å². The maximum Gasteiger partial charge on any atom is 0.136 e. The summed E-state index contributed by atoms with van der Waals surface area (Å²) in [6.07, 6.45) is 0. The van der Waals surface area contributed by atoms with Crippen LogP contribution in [0.2, 0.25) is 0 Å². The van der Waals surface area contributed by atoms with Crippen LogP contribution >= 0.6 is 0 Å². The number of rotatable bonds is 2. The molecule has 13 rings (SSSR count). The van der Waals surface area contributed by atoms with E-state index in [1.165, 1.54) is 99.1 Å². The third-order valence-corrected chi connectivity index (χ3v) is 12.8. The van der Waals surface area contributed by atoms with Crippen LogP contribution in [0.4, 0.5) is 0 Å². The van der Waals surface area contributed by atoms with Crippen LogP contribution in [0.5, 0.6) is 0 Å². The minimum absolute atomic E-state index is 0.490. The van der Waals surface area contributed by atoms with E-state index in [9.17, 15) is 0 Å². The predicted octanol–water partition coefficient (Wildman–Crippen LogP) is 14.7. The molecule has 0 aliphatic heterocycles. The van der Waals surface area contributed by atoms with Crippen LogP contribution in [-0.4, -0.2) is 0 Å². The van der Waals surface area contributed by atoms with Gasteiger partial charge in [-0.2, -0.15) is 0 Å². The summed E-state index contributed by atoms with van der Waals surface area (Å²) in [5.74, 6) is 0. The Labute approximate surface area is 323 Å². The Morgan fingerprint density at radius 1 is 0.286 bits per heavy atom. The zero-order chi connectivity index (χ0) is 36.5. The van der Waals surface area contributed by atoms with Gasteiger partial charge >= 0.3 is 0 Å². The summed E-state index contributed by atoms with van der Waals surface area (Å²) >= 11 is 0. The first kappa shape index (κ1) is 30.1. The number of hydrogen-bond acceptors (Lipinski definition) is 1. The molecule has 0 saturated heterocycles. The van der Waals surface area contributed by atoms with Gasteiger partial charge in [0.15, 0.2) is 0 Å². The smallest absolute Gasteiger partial charge is 0.136 e. The normalized spacial score (nSPS) is 13.5. The first-order valence-corrected chi connectivity index (χ1v) is 19.5. The molecule has 1 aromatic heterocycles. The molecule has 10 aromatic carbocycles. The standard InChI is InChI=1S/C55H32O/c1-2-14-35-31-53-47(28-34(35)13-1)54-39(20-11-25-52(54)56-53)37-26-27-44-46-29-36-16-10-22-41(40-21-9-15-33-12-3-4-17-38(33)40)45(36)32-51(46)55(50(44)30-37)48-23-7-5-18-42(48)43-19-6-8-24-49(43)55/h1-32H. The van der Waals surface area contributed by atoms with Crippen LogP contribution in [0.3, 0.4) is 0 Å². The molecule has 0 fully saturated rings. The average Bonchev–Trinajstić information content (AvgIpc) is 3.87. The lowest BCUT2D eigenvalue weighted by atomic mass is 9.70. The van der Waals surface area contributed by atoms with Crippen LogP contribution < -0.4 is 0 Å². The first-order chi connectivity index (χ1) is 27.8. The van der Waals surface area contributed by atoms with Gasteiger partial charge in [-0.1, -0.05) is 158 Å². The van der Waals surface area contributed by atoms with Crippen molar-refractivity contribution in [2.45, 2.75) is 5.41 Å². The van der Waals surface area contributed by atoms with E-state index in [-0.39, 0.29) is 0 Å². The van der Waals surface area contributed by atoms with Crippen LogP contribution in [0.15, 0.2) is 199 Å². The van der Waals surface area contributed by atoms with Gasteiger partial charge in [0.25, 0.3) is 0 Å². The third kappa shape index (κ3) is 3.84. The third-order valence-electron chi connectivity index (χ3n) is 12.8. The Morgan fingerprint density at radius 2 is 0.857 bits per heavy atom. The number of hydrogen-bond donors (Lipinski definition) is 0. The fourth-order valence-corrected chi connectivity index (χ4v) is 10.5. The Balaban J connectivity index is 1.12. The molecule has 2 aliphatic carbocycles. The van der Waals surface area contributed by atoms with E-state index in [1.807, 2.05) is 0 Å². The summed E-state index contributed by atoms with van der Waals surface area (Å²) < 4.78 is 6.57. The molecule has 0 amide bonds. The molecule has 11 aromatic rings. The zero-order valence-electron chi connectivity index (χ0n) is 30.4. The van der Waals surface area contributed by atoms with E-state index < -0.39 is 5.41 Å². The lowest BCUT2D eigenvalue weighted by molar-refractivity contribution is 0.669. The fourth-order valence-electron chi connectivity index (χ4n) is 10.5. The summed E-state index contributed by atoms with van der Waals surface area (Å²) in [4.78, 5) is 0. The summed E-state index contributed by atoms with van der Waals surface area (Å²) in [6.45, 7) is 0. The Hall–Kier alpha value is -7.22. The van der Waals surface area contributed by atoms with Crippen molar-refractivity contribution >= 4 is 54.3 Å². The van der Waals surface area contributed by atoms with Crippen molar-refractivity contribution in [2.75, 3.05) is 0 Å². The molecule has 1 nitrogen and oxygen atoms in total. The molecular weight excluding hydrogens is 677 g/mol. The summed E-state index contributed by atoms with van der Waals surface area (Å²) in [5, 5.41) is 9.78. The van der Waals surface area contributed by atoms with Crippen molar-refractivity contribution in [2.24, 2.45) is 0 Å². The highest BCUT2D eigenvalue weighted by Crippen LogP contribution is 2.64. The Kier molecular flexibility index (Phi) is 5.89. The lowest BCUT2D eigenvalue weighted by Crippen LogP contribution is -2.26. The fraction of sp³-hybridized carbons (Fsp3) is 0.0182. The SMILES string of the molecule is c1ccc2c(c1)-c1ccccc1C21c2cc(-c3cccc4oc5cc6ccccc6cc5c34)ccc2-c2cc3cccc(-c4cccc5ccccc45)c3cc21. The predicted molar refractivity (Wildman–Crippen MR) is 233 cm³/mol. The van der Waals surface area contributed by atoms with E-state index in [0.29, 0.717) is 0 Å². The summed E-state index contributed by atoms with van der Waals surface area (Å²) in [7, 11) is 0. The van der Waals surface area contributed by atoms with Gasteiger partial charge in [-0.05, 0) is 135 Å². The van der Waals surface area contributed by atoms with E-state index in [0.717, 1.165) is 21.9 Å². The van der Waals surface area contributed by atoms with Gasteiger partial charge in [-0.25, -0.2) is 0 Å². The molecule has 0 N–H and O–H groups in total. The van der Waals surface area contributed by atoms with Crippen LogP contribution in [-0.2, 0) is 5.41 Å². The monoisotopic (exact) mass is 708 g/mol. The second kappa shape index (κ2) is 10.9. The van der Waals surface area contributed by atoms with Gasteiger partial charge in [0.05, 0.1) is 5.41 Å². The highest BCUT2D eigenvalue weighted by Gasteiger charge is 2.51. The van der Waals surface area contributed by atoms with Gasteiger partial charge in [0, 0.05) is 10.8 Å². The van der Waals surface area contributed by atoms with Gasteiger partial charge in [0.1, 0.15) is 11.2 Å². The molecule has 258 valence electrons. The van der Waals surface area contributed by atoms with Gasteiger partial charge in [-0.3, -0.25) is 0 Å². The van der Waals surface area contributed by atoms with Crippen LogP contribution in [0.25, 0.3) is 98.8 Å². The molecule has 0 unspecified atom stereocenters. The van der Waals surface area contributed by atoms with E-state index in [4.69, 9.17) is 4.42 Å². The maximum absolute atomic E-state index is 6.57. The van der Waals surface area contributed by atoms with Gasteiger partial charge in [-0.15, -0.1) is 0 Å². The van der Waals surface area contributed by atoms with Crippen LogP contribution in [0.1, 0.15) is 22.3 Å². The van der Waals surface area contributed by atoms with Crippen LogP contribution in [0, 0.1) is 0 Å². The highest BCUT2D eigenvalue weighted by molar-refractivity contribution is 6.16. The molecule has 0 atom stereocenters. The highest BCUT2D eigenvalue weighted by atomic mass is 16.3. The first-order valence-electron chi connectivity index (χ1n) is 19.5. The van der Waals surface area contributed by atoms with Crippen molar-refractivity contribution in [3.63, 3.8) is 0 Å². The number of fused-ring (bicyclic) bond motifs is 16. The van der Waals surface area contributed by atoms with Crippen molar-refractivity contribution in [3.8, 4) is 44.5 Å². The zero-order valence-corrected chi connectivity index (χ0v) is 30.4. The van der Waals surface area contributed by atoms with E-state index >= 15 is 0 Å². The topological polar surface area (TPSA) is 13.1 Å². The molecular formula is C55H32O. The lowest BCUT2D eigenvalue weighted by Gasteiger charge is -2.31. The number of furan rings is 1. The number of benzene rings is 10. The van der Waals surface area contributed by atoms with E-state index in [2.05, 4.69) is 194 Å². The summed E-state index contributed by atoms with van der Waals surface area (Å²) in [6, 6.07) is 72.2. The largest absolute Gasteiger partial charge is 0.456 e. The Bertz CT molecular complexity index is 3440. The minimum atomic E-state index is -0.490. The molecule has 2 aliphatic rings. The van der Waals surface area contributed by atoms with Crippen molar-refractivity contribution in [1.29, 1.82) is 0 Å². The average molecular weight is 709 g/mol. The molecule has 0 radical (unpaired) electrons. The second-order valence-electron chi connectivity index (χ2n) is 15.5. The molecule has 1 heterocycles. The Morgan fingerprint density at radius 3 is 1.66 bits per heavy atom. The van der Waals surface area contributed by atoms with E-state index in [1.54, 1.807) is 0 Å². The maximum atomic E-state index is 6.57. The summed E-state index contributed by atoms with van der Waals surface area (Å²) in [5.41, 5.74) is 16.8. The molecule has 0 saturated carbocycles. The molecule has 1 heteroatoms. The minimum Gasteiger partial charge on any atom is -0.456 e. The van der Waals surface area contributed by atoms with Crippen molar-refractivity contribution in [3.05, 3.63) is 216 Å². The van der Waals surface area contributed by atoms with Crippen molar-refractivity contribution < 1.29 is 4.42 Å². The molecule has 0 bridgehead atoms. The van der Waals surface area contributed by atoms with Crippen molar-refractivity contribution in [1.82, 2.24) is 0 Å².